The molecule has 1 N–H and O–H groups in total. The van der Waals surface area contributed by atoms with Crippen LogP contribution < -0.4 is 5.32 Å². The lowest BCUT2D eigenvalue weighted by Gasteiger charge is -2.06. The summed E-state index contributed by atoms with van der Waals surface area (Å²) in [6.45, 7) is 2.28. The first-order valence-corrected chi connectivity index (χ1v) is 5.02. The largest absolute Gasteiger partial charge is 0.363 e. The second-order valence-corrected chi connectivity index (χ2v) is 3.45. The summed E-state index contributed by atoms with van der Waals surface area (Å²) in [5, 5.41) is 2.94. The zero-order chi connectivity index (χ0) is 11.4. The molecular formula is C12H12FN3. The average Bonchev–Trinajstić information content (AvgIpc) is 2.32. The Morgan fingerprint density at radius 2 is 2.00 bits per heavy atom. The van der Waals surface area contributed by atoms with Crippen molar-refractivity contribution in [2.24, 2.45) is 0 Å². The minimum absolute atomic E-state index is 0.247. The number of nitrogens with one attached hydrogen (secondary N) is 1. The van der Waals surface area contributed by atoms with Gasteiger partial charge in [-0.2, -0.15) is 0 Å². The number of hydrogen-bond donors (Lipinski definition) is 1. The first-order valence-electron chi connectivity index (χ1n) is 5.02. The minimum Gasteiger partial charge on any atom is -0.363 e. The zero-order valence-electron chi connectivity index (χ0n) is 8.94. The lowest BCUT2D eigenvalue weighted by Crippen LogP contribution is -2.05. The normalized spacial score (nSPS) is 10.1. The van der Waals surface area contributed by atoms with Gasteiger partial charge in [0.15, 0.2) is 11.6 Å². The highest BCUT2D eigenvalue weighted by atomic mass is 19.1. The van der Waals surface area contributed by atoms with E-state index in [1.807, 2.05) is 30.3 Å². The van der Waals surface area contributed by atoms with Gasteiger partial charge in [0.25, 0.3) is 0 Å². The molecule has 0 radical (unpaired) electrons. The molecule has 16 heavy (non-hydrogen) atoms. The number of rotatable bonds is 3. The number of nitrogens with zero attached hydrogens (tertiary/aromatic N) is 2. The van der Waals surface area contributed by atoms with E-state index in [1.54, 1.807) is 6.92 Å². The third-order valence-corrected chi connectivity index (χ3v) is 2.17. The van der Waals surface area contributed by atoms with Crippen molar-refractivity contribution < 1.29 is 4.39 Å². The van der Waals surface area contributed by atoms with Gasteiger partial charge in [-0.25, -0.2) is 14.4 Å². The van der Waals surface area contributed by atoms with Crippen LogP contribution >= 0.6 is 0 Å². The van der Waals surface area contributed by atoms with Crippen molar-refractivity contribution in [1.82, 2.24) is 9.97 Å². The molecule has 0 atom stereocenters. The molecular weight excluding hydrogens is 205 g/mol. The Labute approximate surface area is 93.4 Å². The molecule has 0 fully saturated rings. The van der Waals surface area contributed by atoms with E-state index in [1.165, 1.54) is 6.20 Å². The van der Waals surface area contributed by atoms with Gasteiger partial charge in [-0.1, -0.05) is 30.3 Å². The maximum absolute atomic E-state index is 13.3. The summed E-state index contributed by atoms with van der Waals surface area (Å²) in [5.74, 6) is 0.370. The van der Waals surface area contributed by atoms with Gasteiger partial charge in [-0.15, -0.1) is 0 Å². The van der Waals surface area contributed by atoms with Crippen molar-refractivity contribution in [1.29, 1.82) is 0 Å². The van der Waals surface area contributed by atoms with E-state index in [4.69, 9.17) is 0 Å². The topological polar surface area (TPSA) is 37.8 Å². The Kier molecular flexibility index (Phi) is 3.10. The summed E-state index contributed by atoms with van der Waals surface area (Å²) in [4.78, 5) is 7.76. The van der Waals surface area contributed by atoms with Gasteiger partial charge in [0.2, 0.25) is 0 Å². The van der Waals surface area contributed by atoms with Gasteiger partial charge in [0, 0.05) is 6.54 Å². The lowest BCUT2D eigenvalue weighted by atomic mass is 10.2. The Balaban J connectivity index is 2.08. The Morgan fingerprint density at radius 1 is 1.25 bits per heavy atom. The third kappa shape index (κ3) is 2.53. The summed E-state index contributed by atoms with van der Waals surface area (Å²) < 4.78 is 13.3. The van der Waals surface area contributed by atoms with E-state index < -0.39 is 5.82 Å². The fourth-order valence-electron chi connectivity index (χ4n) is 1.36. The number of benzene rings is 1. The molecule has 0 bridgehead atoms. The molecule has 0 amide bonds. The fraction of sp³-hybridized carbons (Fsp3) is 0.167. The van der Waals surface area contributed by atoms with Crippen molar-refractivity contribution in [3.05, 3.63) is 53.7 Å². The highest BCUT2D eigenvalue weighted by Crippen LogP contribution is 2.10. The van der Waals surface area contributed by atoms with Crippen LogP contribution in [-0.4, -0.2) is 9.97 Å². The Hall–Kier alpha value is -1.97. The molecule has 0 aliphatic heterocycles. The van der Waals surface area contributed by atoms with Crippen molar-refractivity contribution in [2.75, 3.05) is 5.32 Å². The molecule has 0 unspecified atom stereocenters. The number of aromatic nitrogens is 2. The first kappa shape index (κ1) is 10.5. The predicted octanol–water partition coefficient (Wildman–Crippen LogP) is 2.54. The molecule has 1 aromatic carbocycles. The zero-order valence-corrected chi connectivity index (χ0v) is 8.94. The maximum Gasteiger partial charge on any atom is 0.183 e. The van der Waals surface area contributed by atoms with Crippen LogP contribution in [0.4, 0.5) is 10.2 Å². The third-order valence-electron chi connectivity index (χ3n) is 2.17. The van der Waals surface area contributed by atoms with Crippen LogP contribution in [0.2, 0.25) is 0 Å². The molecule has 2 rings (SSSR count). The van der Waals surface area contributed by atoms with Crippen molar-refractivity contribution in [2.45, 2.75) is 13.5 Å². The summed E-state index contributed by atoms with van der Waals surface area (Å²) in [7, 11) is 0. The first-order chi connectivity index (χ1) is 7.75. The predicted molar refractivity (Wildman–Crippen MR) is 60.5 cm³/mol. The highest BCUT2D eigenvalue weighted by molar-refractivity contribution is 5.36. The van der Waals surface area contributed by atoms with E-state index in [0.29, 0.717) is 12.4 Å². The fourth-order valence-corrected chi connectivity index (χ4v) is 1.36. The molecule has 1 aromatic heterocycles. The van der Waals surface area contributed by atoms with E-state index in [9.17, 15) is 4.39 Å². The molecule has 0 saturated carbocycles. The SMILES string of the molecule is Cc1ncc(F)c(NCc2ccccc2)n1. The number of hydrogen-bond acceptors (Lipinski definition) is 3. The van der Waals surface area contributed by atoms with E-state index >= 15 is 0 Å². The molecule has 4 heteroatoms. The Morgan fingerprint density at radius 3 is 2.75 bits per heavy atom. The Bertz CT molecular complexity index is 471. The van der Waals surface area contributed by atoms with Crippen LogP contribution in [0.1, 0.15) is 11.4 Å². The van der Waals surface area contributed by atoms with Gasteiger partial charge in [0.05, 0.1) is 6.20 Å². The molecule has 1 heterocycles. The average molecular weight is 217 g/mol. The molecule has 0 aliphatic carbocycles. The van der Waals surface area contributed by atoms with E-state index in [0.717, 1.165) is 5.56 Å². The molecule has 2 aromatic rings. The minimum atomic E-state index is -0.429. The molecule has 0 aliphatic rings. The van der Waals surface area contributed by atoms with Gasteiger partial charge < -0.3 is 5.32 Å². The summed E-state index contributed by atoms with van der Waals surface area (Å²) in [6.07, 6.45) is 1.18. The lowest BCUT2D eigenvalue weighted by molar-refractivity contribution is 0.614. The van der Waals surface area contributed by atoms with Crippen LogP contribution in [0.15, 0.2) is 36.5 Å². The summed E-state index contributed by atoms with van der Waals surface area (Å²) in [6, 6.07) is 9.77. The second-order valence-electron chi connectivity index (χ2n) is 3.45. The monoisotopic (exact) mass is 217 g/mol. The van der Waals surface area contributed by atoms with Crippen LogP contribution in [0.25, 0.3) is 0 Å². The molecule has 0 saturated heterocycles. The van der Waals surface area contributed by atoms with Crippen LogP contribution in [-0.2, 0) is 6.54 Å². The van der Waals surface area contributed by atoms with Gasteiger partial charge in [-0.3, -0.25) is 0 Å². The van der Waals surface area contributed by atoms with Crippen molar-refractivity contribution in [3.8, 4) is 0 Å². The summed E-state index contributed by atoms with van der Waals surface area (Å²) >= 11 is 0. The van der Waals surface area contributed by atoms with Crippen LogP contribution in [0.3, 0.4) is 0 Å². The molecule has 3 nitrogen and oxygen atoms in total. The van der Waals surface area contributed by atoms with Gasteiger partial charge in [0.1, 0.15) is 5.82 Å². The smallest absolute Gasteiger partial charge is 0.183 e. The van der Waals surface area contributed by atoms with E-state index in [2.05, 4.69) is 15.3 Å². The quantitative estimate of drug-likeness (QED) is 0.858. The van der Waals surface area contributed by atoms with E-state index in [-0.39, 0.29) is 5.82 Å². The standard InChI is InChI=1S/C12H12FN3/c1-9-14-8-11(13)12(16-9)15-7-10-5-3-2-4-6-10/h2-6,8H,7H2,1H3,(H,14,15,16). The van der Waals surface area contributed by atoms with Gasteiger partial charge >= 0.3 is 0 Å². The molecule has 82 valence electrons. The van der Waals surface area contributed by atoms with Crippen molar-refractivity contribution >= 4 is 5.82 Å². The highest BCUT2D eigenvalue weighted by Gasteiger charge is 2.03. The van der Waals surface area contributed by atoms with Crippen molar-refractivity contribution in [3.63, 3.8) is 0 Å². The van der Waals surface area contributed by atoms with Crippen LogP contribution in [0.5, 0.6) is 0 Å². The second kappa shape index (κ2) is 4.70. The number of anilines is 1. The van der Waals surface area contributed by atoms with Crippen LogP contribution in [0, 0.1) is 12.7 Å². The number of aryl methyl sites for hydroxylation is 1. The number of halogens is 1. The van der Waals surface area contributed by atoms with Gasteiger partial charge in [-0.05, 0) is 12.5 Å². The maximum atomic E-state index is 13.3. The summed E-state index contributed by atoms with van der Waals surface area (Å²) in [5.41, 5.74) is 1.08. The molecule has 0 spiro atoms.